The number of phosphoric acid groups is 1. The van der Waals surface area contributed by atoms with Crippen LogP contribution in [0.15, 0.2) is 21.9 Å². The van der Waals surface area contributed by atoms with E-state index in [4.69, 9.17) is 14.0 Å². The van der Waals surface area contributed by atoms with Gasteiger partial charge in [0.2, 0.25) is 11.8 Å². The van der Waals surface area contributed by atoms with Gasteiger partial charge in [0, 0.05) is 63.4 Å². The molecule has 3 saturated heterocycles. The Morgan fingerprint density at radius 3 is 2.59 bits per heavy atom. The minimum atomic E-state index is -4.35. The maximum absolute atomic E-state index is 12.6. The molecule has 3 aliphatic rings. The number of unbranched alkanes of at least 4 members (excludes halogenated alkanes) is 4. The van der Waals surface area contributed by atoms with Crippen LogP contribution >= 0.6 is 19.6 Å². The van der Waals surface area contributed by atoms with E-state index in [0.29, 0.717) is 24.8 Å². The zero-order chi connectivity index (χ0) is 35.4. The summed E-state index contributed by atoms with van der Waals surface area (Å²) < 4.78 is 33.6. The average molecular weight is 731 g/mol. The van der Waals surface area contributed by atoms with Gasteiger partial charge in [-0.2, -0.15) is 11.8 Å². The summed E-state index contributed by atoms with van der Waals surface area (Å²) in [5.74, 6) is 0.568. The molecule has 1 aromatic heterocycles. The van der Waals surface area contributed by atoms with Gasteiger partial charge in [-0.3, -0.25) is 33.0 Å². The lowest BCUT2D eigenvalue weighted by Gasteiger charge is -2.19. The van der Waals surface area contributed by atoms with Gasteiger partial charge in [-0.05, 0) is 31.8 Å². The second kappa shape index (κ2) is 18.8. The van der Waals surface area contributed by atoms with Crippen LogP contribution in [0.5, 0.6) is 0 Å². The quantitative estimate of drug-likeness (QED) is 0.0481. The molecular formula is C30H47N6O11PS. The maximum Gasteiger partial charge on any atom is 0.472 e. The van der Waals surface area contributed by atoms with Crippen LogP contribution in [0.4, 0.5) is 4.79 Å². The van der Waals surface area contributed by atoms with Crippen molar-refractivity contribution in [3.05, 3.63) is 38.7 Å². The molecule has 0 radical (unpaired) electrons. The highest BCUT2D eigenvalue weighted by molar-refractivity contribution is 8.00. The van der Waals surface area contributed by atoms with Crippen molar-refractivity contribution in [2.45, 2.75) is 93.6 Å². The highest BCUT2D eigenvalue weighted by atomic mass is 32.2. The molecule has 3 aliphatic heterocycles. The SMILES string of the molecule is COC[C@H]1O[C@@H](n2cc(/C=C/C(=O)NCCCCCCNC(=O)CCCCC3SCC4NC(=O)NC43)c(=O)[nH]c2=O)CC1OP(=O)(O)OC. The van der Waals surface area contributed by atoms with Gasteiger partial charge in [0.1, 0.15) is 18.4 Å². The molecule has 274 valence electrons. The van der Waals surface area contributed by atoms with Crippen molar-refractivity contribution in [3.63, 3.8) is 0 Å². The number of methoxy groups -OCH3 is 1. The molecule has 4 amide bonds. The number of phosphoric ester groups is 1. The van der Waals surface area contributed by atoms with Crippen LogP contribution in [0, 0.1) is 0 Å². The van der Waals surface area contributed by atoms with Gasteiger partial charge in [-0.25, -0.2) is 14.2 Å². The number of H-pyrrole nitrogens is 1. The molecule has 17 nitrogen and oxygen atoms in total. The minimum absolute atomic E-state index is 0.00755. The van der Waals surface area contributed by atoms with Crippen LogP contribution < -0.4 is 32.5 Å². The molecule has 1 aromatic rings. The minimum Gasteiger partial charge on any atom is -0.382 e. The fourth-order valence-corrected chi connectivity index (χ4v) is 8.17. The number of nitrogens with zero attached hydrogens (tertiary/aromatic N) is 1. The van der Waals surface area contributed by atoms with Gasteiger partial charge >= 0.3 is 19.5 Å². The third kappa shape index (κ3) is 11.8. The summed E-state index contributed by atoms with van der Waals surface area (Å²) >= 11 is 1.88. The first-order valence-corrected chi connectivity index (χ1v) is 19.0. The molecule has 0 bridgehead atoms. The van der Waals surface area contributed by atoms with E-state index in [-0.39, 0.29) is 42.6 Å². The Kier molecular flexibility index (Phi) is 14.9. The third-order valence-corrected chi connectivity index (χ3v) is 11.0. The van der Waals surface area contributed by atoms with Gasteiger partial charge in [-0.15, -0.1) is 0 Å². The summed E-state index contributed by atoms with van der Waals surface area (Å²) in [5.41, 5.74) is -1.44. The number of aromatic amines is 1. The number of carbonyl (C=O) groups excluding carboxylic acids is 3. The number of ether oxygens (including phenoxy) is 2. The standard InChI is InChI=1S/C30H47N6O11PS/c1-44-17-22-21(47-48(42,43)45-2)15-26(46-22)36-16-19(28(39)35-30(36)41)11-12-25(38)32-14-8-4-3-7-13-31-24(37)10-6-5-9-23-27-20(18-49-23)33-29(40)34-27/h11-12,16,20-23,26-27H,3-10,13-15,17-18H2,1-2H3,(H,31,37)(H,32,38)(H,42,43)(H2,33,34,40)(H,35,39,41)/b12-11+/t20?,21?,22-,23?,26-,27?/m1/s1. The molecule has 0 aromatic carbocycles. The van der Waals surface area contributed by atoms with E-state index < -0.39 is 43.4 Å². The Bertz CT molecular complexity index is 1490. The van der Waals surface area contributed by atoms with Crippen LogP contribution in [0.3, 0.4) is 0 Å². The van der Waals surface area contributed by atoms with E-state index in [0.717, 1.165) is 62.4 Å². The van der Waals surface area contributed by atoms with Gasteiger partial charge in [0.05, 0.1) is 24.3 Å². The van der Waals surface area contributed by atoms with E-state index in [1.54, 1.807) is 0 Å². The van der Waals surface area contributed by atoms with Crippen LogP contribution in [-0.4, -0.2) is 102 Å². The summed E-state index contributed by atoms with van der Waals surface area (Å²) in [6.07, 6.45) is 7.62. The first kappa shape index (κ1) is 38.8. The Morgan fingerprint density at radius 1 is 1.10 bits per heavy atom. The predicted molar refractivity (Wildman–Crippen MR) is 181 cm³/mol. The summed E-state index contributed by atoms with van der Waals surface area (Å²) in [6, 6.07) is 0.328. The van der Waals surface area contributed by atoms with E-state index in [1.807, 2.05) is 11.8 Å². The van der Waals surface area contributed by atoms with Gasteiger partial charge in [0.25, 0.3) is 5.56 Å². The van der Waals surface area contributed by atoms with E-state index in [1.165, 1.54) is 25.5 Å². The molecule has 5 unspecified atom stereocenters. The number of hydrogen-bond acceptors (Lipinski definition) is 11. The van der Waals surface area contributed by atoms with Crippen LogP contribution in [0.1, 0.15) is 69.6 Å². The predicted octanol–water partition coefficient (Wildman–Crippen LogP) is 1.13. The fraction of sp³-hybridized carbons (Fsp3) is 0.700. The Balaban J connectivity index is 1.09. The van der Waals surface area contributed by atoms with Crippen LogP contribution in [0.2, 0.25) is 0 Å². The van der Waals surface area contributed by atoms with E-state index in [9.17, 15) is 33.4 Å². The molecule has 19 heteroatoms. The second-order valence-electron chi connectivity index (χ2n) is 12.1. The first-order chi connectivity index (χ1) is 23.5. The monoisotopic (exact) mass is 730 g/mol. The topological polar surface area (TPSA) is 228 Å². The number of amides is 4. The van der Waals surface area contributed by atoms with Crippen LogP contribution in [-0.2, 0) is 32.7 Å². The van der Waals surface area contributed by atoms with Crippen molar-refractivity contribution in [1.82, 2.24) is 30.8 Å². The lowest BCUT2D eigenvalue weighted by Crippen LogP contribution is -2.36. The summed E-state index contributed by atoms with van der Waals surface area (Å²) in [4.78, 5) is 72.9. The molecule has 4 heterocycles. The highest BCUT2D eigenvalue weighted by Gasteiger charge is 2.43. The van der Waals surface area contributed by atoms with Crippen LogP contribution in [0.25, 0.3) is 6.08 Å². The number of hydrogen-bond donors (Lipinski definition) is 6. The zero-order valence-electron chi connectivity index (χ0n) is 27.7. The van der Waals surface area contributed by atoms with Crippen molar-refractivity contribution in [2.24, 2.45) is 0 Å². The summed E-state index contributed by atoms with van der Waals surface area (Å²) in [7, 11) is -1.91. The number of aromatic nitrogens is 2. The molecule has 4 rings (SSSR count). The van der Waals surface area contributed by atoms with Crippen molar-refractivity contribution in [2.75, 3.05) is 39.7 Å². The van der Waals surface area contributed by atoms with Gasteiger partial charge in [-0.1, -0.05) is 19.3 Å². The van der Waals surface area contributed by atoms with Crippen molar-refractivity contribution >= 4 is 43.5 Å². The summed E-state index contributed by atoms with van der Waals surface area (Å²) in [5, 5.41) is 12.1. The highest BCUT2D eigenvalue weighted by Crippen LogP contribution is 2.47. The molecule has 49 heavy (non-hydrogen) atoms. The zero-order valence-corrected chi connectivity index (χ0v) is 29.4. The Hall–Kier alpha value is -2.99. The number of fused-ring (bicyclic) bond motifs is 1. The molecular weight excluding hydrogens is 683 g/mol. The lowest BCUT2D eigenvalue weighted by molar-refractivity contribution is -0.121. The fourth-order valence-electron chi connectivity index (χ4n) is 5.97. The van der Waals surface area contributed by atoms with Gasteiger partial charge < -0.3 is 35.6 Å². The smallest absolute Gasteiger partial charge is 0.382 e. The van der Waals surface area contributed by atoms with E-state index in [2.05, 4.69) is 30.8 Å². The average Bonchev–Trinajstić information content (AvgIpc) is 3.74. The Morgan fingerprint density at radius 2 is 1.86 bits per heavy atom. The molecule has 6 N–H and O–H groups in total. The van der Waals surface area contributed by atoms with Crippen molar-refractivity contribution in [1.29, 1.82) is 0 Å². The number of rotatable bonds is 20. The second-order valence-corrected chi connectivity index (χ2v) is 14.9. The normalized spacial score (nSPS) is 25.9. The molecule has 0 aliphatic carbocycles. The van der Waals surface area contributed by atoms with Crippen molar-refractivity contribution < 1.29 is 42.4 Å². The maximum atomic E-state index is 12.6. The largest absolute Gasteiger partial charge is 0.472 e. The molecule has 0 spiro atoms. The third-order valence-electron chi connectivity index (χ3n) is 8.54. The summed E-state index contributed by atoms with van der Waals surface area (Å²) in [6.45, 7) is 1.05. The number of nitrogens with one attached hydrogen (secondary N) is 5. The first-order valence-electron chi connectivity index (χ1n) is 16.5. The van der Waals surface area contributed by atoms with E-state index >= 15 is 0 Å². The molecule has 0 saturated carbocycles. The van der Waals surface area contributed by atoms with Crippen molar-refractivity contribution in [3.8, 4) is 0 Å². The lowest BCUT2D eigenvalue weighted by atomic mass is 10.0. The number of thioether (sulfide) groups is 1. The number of urea groups is 1. The van der Waals surface area contributed by atoms with Gasteiger partial charge in [0.15, 0.2) is 0 Å². The Labute approximate surface area is 288 Å². The molecule has 7 atom stereocenters. The number of carbonyl (C=O) groups is 3. The molecule has 3 fully saturated rings.